The Hall–Kier alpha value is -2.32. The summed E-state index contributed by atoms with van der Waals surface area (Å²) in [4.78, 5) is 23.4. The van der Waals surface area contributed by atoms with Crippen molar-refractivity contribution in [3.05, 3.63) is 52.4 Å². The highest BCUT2D eigenvalue weighted by Crippen LogP contribution is 2.27. The monoisotopic (exact) mass is 395 g/mol. The normalized spacial score (nSPS) is 11.6. The molecule has 0 saturated heterocycles. The summed E-state index contributed by atoms with van der Waals surface area (Å²) in [5.74, 6) is -0.0149. The van der Waals surface area contributed by atoms with Crippen molar-refractivity contribution in [3.8, 4) is 5.75 Å². The van der Waals surface area contributed by atoms with Crippen LogP contribution in [-0.4, -0.2) is 25.5 Å². The predicted molar refractivity (Wildman–Crippen MR) is 91.4 cm³/mol. The Balaban J connectivity index is 1.78. The number of halogens is 1. The van der Waals surface area contributed by atoms with Crippen LogP contribution in [0.4, 0.5) is 0 Å². The largest absolute Gasteiger partial charge is 0.496 e. The van der Waals surface area contributed by atoms with Gasteiger partial charge in [-0.05, 0) is 52.7 Å². The summed E-state index contributed by atoms with van der Waals surface area (Å²) >= 11 is 3.43. The molecule has 0 unspecified atom stereocenters. The summed E-state index contributed by atoms with van der Waals surface area (Å²) in [5, 5.41) is 3.07. The fourth-order valence-corrected chi connectivity index (χ4v) is 2.51. The topological polar surface area (TPSA) is 92.6 Å². The van der Waals surface area contributed by atoms with Crippen molar-refractivity contribution in [2.24, 2.45) is 0 Å². The zero-order valence-corrected chi connectivity index (χ0v) is 14.8. The molecular weight excluding hydrogens is 378 g/mol. The first-order chi connectivity index (χ1) is 11.5. The van der Waals surface area contributed by atoms with Crippen LogP contribution in [0.2, 0.25) is 0 Å². The third kappa shape index (κ3) is 4.84. The number of carbonyl (C=O) groups excluding carboxylic acids is 2. The minimum Gasteiger partial charge on any atom is -0.496 e. The van der Waals surface area contributed by atoms with E-state index >= 15 is 0 Å². The molecule has 1 atom stereocenters. The number of nitrogens with one attached hydrogen (secondary N) is 3. The lowest BCUT2D eigenvalue weighted by molar-refractivity contribution is -0.121. The quantitative estimate of drug-likeness (QED) is 0.651. The lowest BCUT2D eigenvalue weighted by Crippen LogP contribution is -2.45. The minimum absolute atomic E-state index is 0.0449. The van der Waals surface area contributed by atoms with Crippen LogP contribution in [-0.2, 0) is 4.79 Å². The fourth-order valence-electron chi connectivity index (χ4n) is 1.96. The van der Waals surface area contributed by atoms with Gasteiger partial charge in [-0.15, -0.1) is 0 Å². The number of hydrogen-bond donors (Lipinski definition) is 3. The molecule has 0 saturated carbocycles. The second-order valence-electron chi connectivity index (χ2n) is 4.98. The number of benzene rings is 1. The van der Waals surface area contributed by atoms with Crippen LogP contribution < -0.4 is 20.9 Å². The van der Waals surface area contributed by atoms with Gasteiger partial charge in [0.05, 0.1) is 24.4 Å². The molecule has 0 fully saturated rings. The first kappa shape index (κ1) is 18.0. The highest BCUT2D eigenvalue weighted by molar-refractivity contribution is 9.10. The number of ether oxygens (including phenoxy) is 1. The van der Waals surface area contributed by atoms with E-state index in [1.54, 1.807) is 13.2 Å². The molecule has 1 aromatic carbocycles. The molecule has 0 aliphatic heterocycles. The number of hydrogen-bond acceptors (Lipinski definition) is 5. The standard InChI is InChI=1S/C16H18BrN3O4/c1-10(11-5-6-13(23-2)12(17)8-11)18-9-15(21)19-20-16(22)14-4-3-7-24-14/h3-8,10,18H,9H2,1-2H3,(H,19,21)(H,20,22)/t10-/m1/s1. The minimum atomic E-state index is -0.513. The number of amides is 2. The lowest BCUT2D eigenvalue weighted by atomic mass is 10.1. The highest BCUT2D eigenvalue weighted by Gasteiger charge is 2.12. The van der Waals surface area contributed by atoms with Gasteiger partial charge in [0.2, 0.25) is 0 Å². The van der Waals surface area contributed by atoms with Crippen molar-refractivity contribution >= 4 is 27.7 Å². The van der Waals surface area contributed by atoms with E-state index in [4.69, 9.17) is 9.15 Å². The maximum absolute atomic E-state index is 11.8. The Morgan fingerprint density at radius 2 is 2.08 bits per heavy atom. The van der Waals surface area contributed by atoms with Crippen molar-refractivity contribution in [1.82, 2.24) is 16.2 Å². The summed E-state index contributed by atoms with van der Waals surface area (Å²) in [6, 6.07) is 8.72. The van der Waals surface area contributed by atoms with E-state index in [-0.39, 0.29) is 24.3 Å². The van der Waals surface area contributed by atoms with Gasteiger partial charge in [-0.1, -0.05) is 6.07 Å². The molecule has 24 heavy (non-hydrogen) atoms. The predicted octanol–water partition coefficient (Wildman–Crippen LogP) is 2.16. The van der Waals surface area contributed by atoms with Crippen molar-refractivity contribution in [3.63, 3.8) is 0 Å². The molecule has 1 aromatic heterocycles. The summed E-state index contributed by atoms with van der Waals surface area (Å²) in [5.41, 5.74) is 5.59. The summed E-state index contributed by atoms with van der Waals surface area (Å²) in [7, 11) is 1.60. The molecule has 128 valence electrons. The average Bonchev–Trinajstić information content (AvgIpc) is 3.12. The van der Waals surface area contributed by atoms with Crippen molar-refractivity contribution in [1.29, 1.82) is 0 Å². The van der Waals surface area contributed by atoms with Crippen molar-refractivity contribution < 1.29 is 18.7 Å². The van der Waals surface area contributed by atoms with Gasteiger partial charge in [0.15, 0.2) is 5.76 Å². The molecule has 0 radical (unpaired) electrons. The van der Waals surface area contributed by atoms with E-state index in [2.05, 4.69) is 32.1 Å². The molecule has 2 amide bonds. The Morgan fingerprint density at radius 3 is 2.71 bits per heavy atom. The van der Waals surface area contributed by atoms with Gasteiger partial charge in [-0.25, -0.2) is 0 Å². The van der Waals surface area contributed by atoms with E-state index in [1.165, 1.54) is 12.3 Å². The number of carbonyl (C=O) groups is 2. The van der Waals surface area contributed by atoms with Gasteiger partial charge < -0.3 is 14.5 Å². The Bertz CT molecular complexity index is 703. The maximum atomic E-state index is 11.8. The summed E-state index contributed by atoms with van der Waals surface area (Å²) in [6.45, 7) is 1.98. The second-order valence-corrected chi connectivity index (χ2v) is 5.83. The van der Waals surface area contributed by atoms with Crippen molar-refractivity contribution in [2.45, 2.75) is 13.0 Å². The zero-order valence-electron chi connectivity index (χ0n) is 13.3. The molecule has 1 heterocycles. The molecule has 0 aliphatic carbocycles. The first-order valence-electron chi connectivity index (χ1n) is 7.20. The van der Waals surface area contributed by atoms with Crippen LogP contribution in [0.25, 0.3) is 0 Å². The number of furan rings is 1. The molecule has 8 heteroatoms. The van der Waals surface area contributed by atoms with E-state index in [1.807, 2.05) is 25.1 Å². The molecule has 2 rings (SSSR count). The van der Waals surface area contributed by atoms with Gasteiger partial charge in [-0.3, -0.25) is 20.4 Å². The van der Waals surface area contributed by atoms with Crippen LogP contribution in [0.1, 0.15) is 29.1 Å². The first-order valence-corrected chi connectivity index (χ1v) is 8.00. The molecule has 0 spiro atoms. The van der Waals surface area contributed by atoms with Crippen molar-refractivity contribution in [2.75, 3.05) is 13.7 Å². The lowest BCUT2D eigenvalue weighted by Gasteiger charge is -2.15. The van der Waals surface area contributed by atoms with E-state index < -0.39 is 5.91 Å². The molecule has 0 bridgehead atoms. The SMILES string of the molecule is COc1ccc([C@@H](C)NCC(=O)NNC(=O)c2ccco2)cc1Br. The molecule has 2 aromatic rings. The van der Waals surface area contributed by atoms with Gasteiger partial charge in [0, 0.05) is 6.04 Å². The molecule has 7 nitrogen and oxygen atoms in total. The highest BCUT2D eigenvalue weighted by atomic mass is 79.9. The van der Waals surface area contributed by atoms with Crippen LogP contribution in [0.15, 0.2) is 45.5 Å². The van der Waals surface area contributed by atoms with Crippen LogP contribution >= 0.6 is 15.9 Å². The van der Waals surface area contributed by atoms with Gasteiger partial charge >= 0.3 is 5.91 Å². The molecular formula is C16H18BrN3O4. The Kier molecular flexibility index (Phi) is 6.39. The second kappa shape index (κ2) is 8.51. The molecule has 3 N–H and O–H groups in total. The fraction of sp³-hybridized carbons (Fsp3) is 0.250. The average molecular weight is 396 g/mol. The summed E-state index contributed by atoms with van der Waals surface area (Å²) in [6.07, 6.45) is 1.38. The van der Waals surface area contributed by atoms with Gasteiger partial charge in [-0.2, -0.15) is 0 Å². The van der Waals surface area contributed by atoms with Crippen LogP contribution in [0, 0.1) is 0 Å². The third-order valence-corrected chi connectivity index (χ3v) is 3.92. The van der Waals surface area contributed by atoms with Gasteiger partial charge in [0.1, 0.15) is 5.75 Å². The van der Waals surface area contributed by atoms with Crippen LogP contribution in [0.5, 0.6) is 5.75 Å². The molecule has 0 aliphatic rings. The third-order valence-electron chi connectivity index (χ3n) is 3.31. The van der Waals surface area contributed by atoms with E-state index in [0.717, 1.165) is 15.8 Å². The number of methoxy groups -OCH3 is 1. The smallest absolute Gasteiger partial charge is 0.305 e. The maximum Gasteiger partial charge on any atom is 0.305 e. The van der Waals surface area contributed by atoms with E-state index in [0.29, 0.717) is 0 Å². The number of rotatable bonds is 6. The Morgan fingerprint density at radius 1 is 1.29 bits per heavy atom. The number of hydrazine groups is 1. The summed E-state index contributed by atoms with van der Waals surface area (Å²) < 4.78 is 10.9. The van der Waals surface area contributed by atoms with Gasteiger partial charge in [0.25, 0.3) is 5.91 Å². The zero-order chi connectivity index (χ0) is 17.5. The Labute approximate surface area is 147 Å². The van der Waals surface area contributed by atoms with E-state index in [9.17, 15) is 9.59 Å². The van der Waals surface area contributed by atoms with Crippen LogP contribution in [0.3, 0.4) is 0 Å².